The summed E-state index contributed by atoms with van der Waals surface area (Å²) in [5, 5.41) is 0. The largest absolute Gasteiger partial charge is 0.306 e. The highest BCUT2D eigenvalue weighted by molar-refractivity contribution is 7.99. The Labute approximate surface area is 140 Å². The average molecular weight is 347 g/mol. The second-order valence-electron chi connectivity index (χ2n) is 5.54. The predicted octanol–water partition coefficient (Wildman–Crippen LogP) is 2.98. The molecule has 3 rings (SSSR count). The van der Waals surface area contributed by atoms with Gasteiger partial charge >= 0.3 is 0 Å². The van der Waals surface area contributed by atoms with Crippen LogP contribution in [-0.4, -0.2) is 32.9 Å². The molecular weight excluding hydrogens is 330 g/mol. The molecule has 0 unspecified atom stereocenters. The van der Waals surface area contributed by atoms with Gasteiger partial charge in [0.05, 0.1) is 11.4 Å². The number of anilines is 1. The molecule has 23 heavy (non-hydrogen) atoms. The van der Waals surface area contributed by atoms with Gasteiger partial charge < -0.3 is 4.90 Å². The van der Waals surface area contributed by atoms with Gasteiger partial charge in [0.25, 0.3) is 5.91 Å². The Balaban J connectivity index is 1.84. The molecule has 1 aliphatic heterocycles. The Morgan fingerprint density at radius 2 is 1.83 bits per heavy atom. The summed E-state index contributed by atoms with van der Waals surface area (Å²) in [7, 11) is -3.07. The summed E-state index contributed by atoms with van der Waals surface area (Å²) < 4.78 is 22.7. The van der Waals surface area contributed by atoms with Crippen molar-refractivity contribution in [2.45, 2.75) is 10.6 Å². The van der Waals surface area contributed by atoms with Crippen LogP contribution in [0.15, 0.2) is 53.4 Å². The van der Waals surface area contributed by atoms with Crippen molar-refractivity contribution in [2.24, 2.45) is 0 Å². The first-order valence-corrected chi connectivity index (χ1v) is 10.3. The summed E-state index contributed by atoms with van der Waals surface area (Å²) in [4.78, 5) is 15.7. The Morgan fingerprint density at radius 1 is 1.13 bits per heavy atom. The van der Waals surface area contributed by atoms with E-state index in [1.54, 1.807) is 40.9 Å². The molecule has 0 saturated carbocycles. The first-order chi connectivity index (χ1) is 10.9. The molecule has 0 saturated heterocycles. The number of nitrogens with zero attached hydrogens (tertiary/aromatic N) is 1. The Bertz CT molecular complexity index is 829. The van der Waals surface area contributed by atoms with Crippen molar-refractivity contribution in [3.8, 4) is 0 Å². The molecule has 2 aromatic carbocycles. The van der Waals surface area contributed by atoms with E-state index >= 15 is 0 Å². The van der Waals surface area contributed by atoms with E-state index in [0.29, 0.717) is 17.7 Å². The van der Waals surface area contributed by atoms with Gasteiger partial charge in [0.1, 0.15) is 0 Å². The molecule has 1 amide bonds. The molecule has 120 valence electrons. The fourth-order valence-electron chi connectivity index (χ4n) is 2.58. The molecule has 2 aromatic rings. The maximum absolute atomic E-state index is 12.8. The molecule has 6 heteroatoms. The van der Waals surface area contributed by atoms with Gasteiger partial charge in [-0.05, 0) is 29.8 Å². The third kappa shape index (κ3) is 3.76. The number of carbonyl (C=O) groups excluding carboxylic acids is 1. The van der Waals surface area contributed by atoms with Crippen LogP contribution in [0.1, 0.15) is 15.9 Å². The minimum Gasteiger partial charge on any atom is -0.306 e. The van der Waals surface area contributed by atoms with Crippen molar-refractivity contribution in [2.75, 3.05) is 23.5 Å². The second-order valence-corrected chi connectivity index (χ2v) is 8.82. The van der Waals surface area contributed by atoms with Crippen LogP contribution in [0.3, 0.4) is 0 Å². The summed E-state index contributed by atoms with van der Waals surface area (Å²) in [5.74, 6) is 0.809. The van der Waals surface area contributed by atoms with Gasteiger partial charge in [-0.2, -0.15) is 0 Å². The third-order valence-electron chi connectivity index (χ3n) is 3.60. The van der Waals surface area contributed by atoms with Crippen LogP contribution < -0.4 is 4.90 Å². The molecule has 0 spiro atoms. The van der Waals surface area contributed by atoms with Crippen molar-refractivity contribution in [1.29, 1.82) is 0 Å². The number of rotatable bonds is 3. The maximum Gasteiger partial charge on any atom is 0.258 e. The lowest BCUT2D eigenvalue weighted by Crippen LogP contribution is -2.35. The summed E-state index contributed by atoms with van der Waals surface area (Å²) in [5.41, 5.74) is 2.21. The van der Waals surface area contributed by atoms with Gasteiger partial charge in [0.2, 0.25) is 0 Å². The number of sulfone groups is 1. The van der Waals surface area contributed by atoms with Crippen LogP contribution >= 0.6 is 11.8 Å². The number of hydrogen-bond acceptors (Lipinski definition) is 4. The predicted molar refractivity (Wildman–Crippen MR) is 93.8 cm³/mol. The molecule has 0 aliphatic carbocycles. The van der Waals surface area contributed by atoms with Crippen molar-refractivity contribution < 1.29 is 13.2 Å². The first-order valence-electron chi connectivity index (χ1n) is 7.24. The zero-order valence-corrected chi connectivity index (χ0v) is 14.4. The van der Waals surface area contributed by atoms with E-state index in [2.05, 4.69) is 0 Å². The number of carbonyl (C=O) groups is 1. The van der Waals surface area contributed by atoms with Crippen LogP contribution in [0.25, 0.3) is 0 Å². The van der Waals surface area contributed by atoms with Crippen LogP contribution in [-0.2, 0) is 15.6 Å². The molecule has 1 aliphatic rings. The van der Waals surface area contributed by atoms with E-state index < -0.39 is 9.84 Å². The van der Waals surface area contributed by atoms with E-state index in [4.69, 9.17) is 0 Å². The number of hydrogen-bond donors (Lipinski definition) is 0. The van der Waals surface area contributed by atoms with Crippen LogP contribution in [0.4, 0.5) is 5.69 Å². The summed E-state index contributed by atoms with van der Waals surface area (Å²) in [6.07, 6.45) is 1.20. The lowest BCUT2D eigenvalue weighted by Gasteiger charge is -2.29. The van der Waals surface area contributed by atoms with E-state index in [1.807, 2.05) is 24.3 Å². The van der Waals surface area contributed by atoms with Crippen LogP contribution in [0.2, 0.25) is 0 Å². The van der Waals surface area contributed by atoms with Gasteiger partial charge in [0, 0.05) is 29.0 Å². The van der Waals surface area contributed by atoms with Gasteiger partial charge in [-0.1, -0.05) is 24.3 Å². The fraction of sp³-hybridized carbons (Fsp3) is 0.235. The molecule has 4 nitrogen and oxygen atoms in total. The maximum atomic E-state index is 12.8. The highest BCUT2D eigenvalue weighted by Gasteiger charge is 2.23. The average Bonchev–Trinajstić information content (AvgIpc) is 2.53. The molecule has 1 heterocycles. The second kappa shape index (κ2) is 6.37. The van der Waals surface area contributed by atoms with Crippen molar-refractivity contribution >= 4 is 33.2 Å². The van der Waals surface area contributed by atoms with Crippen molar-refractivity contribution in [1.82, 2.24) is 0 Å². The fourth-order valence-corrected chi connectivity index (χ4v) is 4.38. The van der Waals surface area contributed by atoms with E-state index in [9.17, 15) is 13.2 Å². The Kier molecular flexibility index (Phi) is 4.46. The standard InChI is InChI=1S/C17H17NO3S2/c1-23(20,21)12-13-6-8-14(9-7-13)17(19)18-10-11-22-16-5-3-2-4-15(16)18/h2-9H,10-12H2,1H3. The van der Waals surface area contributed by atoms with E-state index in [1.165, 1.54) is 6.26 Å². The monoisotopic (exact) mass is 347 g/mol. The number of thioether (sulfide) groups is 1. The highest BCUT2D eigenvalue weighted by atomic mass is 32.2. The first kappa shape index (κ1) is 16.1. The molecule has 0 atom stereocenters. The molecule has 0 aromatic heterocycles. The van der Waals surface area contributed by atoms with Gasteiger partial charge in [-0.3, -0.25) is 4.79 Å². The Hall–Kier alpha value is -1.79. The van der Waals surface area contributed by atoms with Gasteiger partial charge in [0.15, 0.2) is 9.84 Å². The smallest absolute Gasteiger partial charge is 0.258 e. The highest BCUT2D eigenvalue weighted by Crippen LogP contribution is 2.35. The van der Waals surface area contributed by atoms with Crippen molar-refractivity contribution in [3.63, 3.8) is 0 Å². The van der Waals surface area contributed by atoms with Gasteiger partial charge in [-0.25, -0.2) is 8.42 Å². The number of amides is 1. The van der Waals surface area contributed by atoms with Crippen LogP contribution in [0, 0.1) is 0 Å². The molecular formula is C17H17NO3S2. The van der Waals surface area contributed by atoms with E-state index in [-0.39, 0.29) is 11.7 Å². The normalized spacial score (nSPS) is 14.4. The van der Waals surface area contributed by atoms with Crippen molar-refractivity contribution in [3.05, 3.63) is 59.7 Å². The molecule has 0 radical (unpaired) electrons. The minimum atomic E-state index is -3.07. The minimum absolute atomic E-state index is 0.00927. The molecule has 0 bridgehead atoms. The van der Waals surface area contributed by atoms with Gasteiger partial charge in [-0.15, -0.1) is 11.8 Å². The summed E-state index contributed by atoms with van der Waals surface area (Å²) in [6, 6.07) is 14.7. The number of fused-ring (bicyclic) bond motifs is 1. The zero-order valence-electron chi connectivity index (χ0n) is 12.7. The number of benzene rings is 2. The molecule has 0 fully saturated rings. The van der Waals surface area contributed by atoms with E-state index in [0.717, 1.165) is 16.3 Å². The lowest BCUT2D eigenvalue weighted by molar-refractivity contribution is 0.0987. The SMILES string of the molecule is CS(=O)(=O)Cc1ccc(C(=O)N2CCSc3ccccc32)cc1. The van der Waals surface area contributed by atoms with Crippen LogP contribution in [0.5, 0.6) is 0 Å². The Morgan fingerprint density at radius 3 is 2.52 bits per heavy atom. The summed E-state index contributed by atoms with van der Waals surface area (Å²) >= 11 is 1.75. The molecule has 0 N–H and O–H groups in total. The quantitative estimate of drug-likeness (QED) is 0.856. The number of para-hydroxylation sites is 1. The zero-order chi connectivity index (χ0) is 16.4. The topological polar surface area (TPSA) is 54.5 Å². The lowest BCUT2D eigenvalue weighted by atomic mass is 10.1. The third-order valence-corrected chi connectivity index (χ3v) is 5.50. The summed E-state index contributed by atoms with van der Waals surface area (Å²) in [6.45, 7) is 0.672.